The van der Waals surface area contributed by atoms with Crippen molar-refractivity contribution in [1.29, 1.82) is 0 Å². The topological polar surface area (TPSA) is 98.7 Å². The molecule has 1 aromatic rings. The molecule has 0 radical (unpaired) electrons. The molecule has 7 nitrogen and oxygen atoms in total. The van der Waals surface area contributed by atoms with Crippen molar-refractivity contribution in [2.45, 2.75) is 94.3 Å². The zero-order valence-electron chi connectivity index (χ0n) is 22.1. The van der Waals surface area contributed by atoms with Gasteiger partial charge in [-0.1, -0.05) is 45.4 Å². The first kappa shape index (κ1) is 27.0. The van der Waals surface area contributed by atoms with E-state index >= 15 is 0 Å². The first-order valence-corrected chi connectivity index (χ1v) is 14.2. The lowest BCUT2D eigenvalue weighted by Gasteiger charge is -2.38. The van der Waals surface area contributed by atoms with Crippen LogP contribution in [0.15, 0.2) is 30.3 Å². The van der Waals surface area contributed by atoms with Gasteiger partial charge in [0.05, 0.1) is 29.2 Å². The molecule has 1 aromatic carbocycles. The summed E-state index contributed by atoms with van der Waals surface area (Å²) in [4.78, 5) is 43.5. The fourth-order valence-electron chi connectivity index (χ4n) is 6.85. The van der Waals surface area contributed by atoms with Crippen LogP contribution in [0.1, 0.15) is 66.7 Å². The number of aliphatic hydroxyl groups excluding tert-OH is 1. The molecular weight excluding hydrogens is 474 g/mol. The Morgan fingerprint density at radius 2 is 1.86 bits per heavy atom. The van der Waals surface area contributed by atoms with Crippen LogP contribution in [0.25, 0.3) is 0 Å². The predicted octanol–water partition coefficient (Wildman–Crippen LogP) is 3.82. The highest BCUT2D eigenvalue weighted by Crippen LogP contribution is 2.71. The molecule has 198 valence electrons. The molecule has 7 atom stereocenters. The summed E-state index contributed by atoms with van der Waals surface area (Å²) < 4.78 is -1.10. The predicted molar refractivity (Wildman–Crippen MR) is 143 cm³/mol. The van der Waals surface area contributed by atoms with Gasteiger partial charge in [0.2, 0.25) is 17.7 Å². The normalized spacial score (nSPS) is 32.5. The molecule has 3 aliphatic heterocycles. The van der Waals surface area contributed by atoms with E-state index in [-0.39, 0.29) is 36.3 Å². The first-order chi connectivity index (χ1) is 17.1. The number of carbonyl (C=O) groups is 3. The number of benzene rings is 1. The van der Waals surface area contributed by atoms with Crippen molar-refractivity contribution in [2.75, 3.05) is 11.9 Å². The summed E-state index contributed by atoms with van der Waals surface area (Å²) in [6.45, 7) is 10.1. The molecule has 3 aliphatic rings. The number of rotatable bonds is 10. The number of anilines is 1. The van der Waals surface area contributed by atoms with Gasteiger partial charge in [-0.2, -0.15) is 0 Å². The Kier molecular flexibility index (Phi) is 7.77. The molecule has 3 fully saturated rings. The lowest BCUT2D eigenvalue weighted by Crippen LogP contribution is -2.57. The van der Waals surface area contributed by atoms with Crippen LogP contribution in [0.5, 0.6) is 0 Å². The number of thioether (sulfide) groups is 1. The van der Waals surface area contributed by atoms with Crippen molar-refractivity contribution in [3.8, 4) is 0 Å². The second-order valence-corrected chi connectivity index (χ2v) is 13.4. The molecule has 0 aliphatic carbocycles. The standard InChI is InChI=1S/C28H41N3O4S/c1-6-10-18(4)29-25(34)23-28-14-13-27(5,36-28)21(24(33)30-19-11-8-7-9-12-19)22(28)26(35)31(23)20(16-32)15-17(2)3/h7-9,11-12,17-18,20-23,32H,6,10,13-16H2,1-5H3,(H,29,34)(H,30,33)/t18?,20-,21+,22+,23?,27-,28?/m1/s1. The Morgan fingerprint density at radius 1 is 1.17 bits per heavy atom. The molecule has 0 saturated carbocycles. The number of para-hydroxylation sites is 1. The summed E-state index contributed by atoms with van der Waals surface area (Å²) in [5.74, 6) is -1.38. The highest BCUT2D eigenvalue weighted by Gasteiger charge is 2.77. The molecule has 0 aromatic heterocycles. The molecule has 3 saturated heterocycles. The van der Waals surface area contributed by atoms with Gasteiger partial charge in [-0.25, -0.2) is 0 Å². The fraction of sp³-hybridized carbons (Fsp3) is 0.679. The smallest absolute Gasteiger partial charge is 0.244 e. The molecule has 36 heavy (non-hydrogen) atoms. The number of likely N-dealkylation sites (tertiary alicyclic amines) is 1. The number of amides is 3. The summed E-state index contributed by atoms with van der Waals surface area (Å²) in [7, 11) is 0. The second-order valence-electron chi connectivity index (χ2n) is 11.5. The highest BCUT2D eigenvalue weighted by molar-refractivity contribution is 8.02. The lowest BCUT2D eigenvalue weighted by molar-refractivity contribution is -0.143. The molecule has 3 unspecified atom stereocenters. The van der Waals surface area contributed by atoms with E-state index in [2.05, 4.69) is 38.3 Å². The molecule has 3 N–H and O–H groups in total. The quantitative estimate of drug-likeness (QED) is 0.440. The van der Waals surface area contributed by atoms with Crippen LogP contribution in [0, 0.1) is 17.8 Å². The summed E-state index contributed by atoms with van der Waals surface area (Å²) in [6, 6.07) is 8.14. The van der Waals surface area contributed by atoms with Gasteiger partial charge in [0.25, 0.3) is 0 Å². The molecular formula is C28H41N3O4S. The Balaban J connectivity index is 1.73. The van der Waals surface area contributed by atoms with Crippen molar-refractivity contribution < 1.29 is 19.5 Å². The number of hydrogen-bond acceptors (Lipinski definition) is 5. The van der Waals surface area contributed by atoms with E-state index in [0.717, 1.165) is 19.3 Å². The van der Waals surface area contributed by atoms with E-state index in [4.69, 9.17) is 0 Å². The number of nitrogens with one attached hydrogen (secondary N) is 2. The summed E-state index contributed by atoms with van der Waals surface area (Å²) in [6.07, 6.45) is 3.87. The number of aliphatic hydroxyl groups is 1. The molecule has 4 rings (SSSR count). The van der Waals surface area contributed by atoms with E-state index in [9.17, 15) is 19.5 Å². The molecule has 1 spiro atoms. The van der Waals surface area contributed by atoms with Gasteiger partial charge in [-0.15, -0.1) is 11.8 Å². The summed E-state index contributed by atoms with van der Waals surface area (Å²) >= 11 is 1.66. The zero-order valence-corrected chi connectivity index (χ0v) is 22.9. The lowest BCUT2D eigenvalue weighted by atomic mass is 9.66. The highest BCUT2D eigenvalue weighted by atomic mass is 32.2. The second kappa shape index (κ2) is 10.4. The number of fused-ring (bicyclic) bond motifs is 1. The number of carbonyl (C=O) groups excluding carboxylic acids is 3. The molecule has 3 amide bonds. The summed E-state index contributed by atoms with van der Waals surface area (Å²) in [5, 5.41) is 16.6. The minimum absolute atomic E-state index is 0.0102. The Morgan fingerprint density at radius 3 is 2.47 bits per heavy atom. The maximum Gasteiger partial charge on any atom is 0.244 e. The summed E-state index contributed by atoms with van der Waals surface area (Å²) in [5.41, 5.74) is 0.700. The van der Waals surface area contributed by atoms with Crippen molar-refractivity contribution >= 4 is 35.2 Å². The average Bonchev–Trinajstić information content (AvgIpc) is 3.39. The maximum atomic E-state index is 14.2. The van der Waals surface area contributed by atoms with Crippen LogP contribution in [0.4, 0.5) is 5.69 Å². The van der Waals surface area contributed by atoms with Crippen molar-refractivity contribution in [2.24, 2.45) is 17.8 Å². The third-order valence-corrected chi connectivity index (χ3v) is 10.2. The third-order valence-electron chi connectivity index (χ3n) is 8.24. The number of nitrogens with zero attached hydrogens (tertiary/aromatic N) is 1. The third kappa shape index (κ3) is 4.55. The van der Waals surface area contributed by atoms with Crippen LogP contribution >= 0.6 is 11.8 Å². The van der Waals surface area contributed by atoms with Gasteiger partial charge in [0.1, 0.15) is 6.04 Å². The first-order valence-electron chi connectivity index (χ1n) is 13.4. The Labute approximate surface area is 219 Å². The van der Waals surface area contributed by atoms with Gasteiger partial charge in [-0.3, -0.25) is 14.4 Å². The minimum Gasteiger partial charge on any atom is -0.394 e. The van der Waals surface area contributed by atoms with Crippen molar-refractivity contribution in [3.63, 3.8) is 0 Å². The van der Waals surface area contributed by atoms with Crippen LogP contribution < -0.4 is 10.6 Å². The zero-order chi connectivity index (χ0) is 26.3. The molecule has 3 heterocycles. The SMILES string of the molecule is CCCC(C)NC(=O)C1N([C@@H](CO)CC(C)C)C(=O)[C@@H]2[C@@H](C(=O)Nc3ccccc3)[C@@]3(C)CCC12S3. The van der Waals surface area contributed by atoms with Gasteiger partial charge in [-0.05, 0) is 57.6 Å². The van der Waals surface area contributed by atoms with E-state index in [1.165, 1.54) is 0 Å². The van der Waals surface area contributed by atoms with Crippen LogP contribution in [0.3, 0.4) is 0 Å². The van der Waals surface area contributed by atoms with E-state index in [1.807, 2.05) is 37.3 Å². The van der Waals surface area contributed by atoms with Gasteiger partial charge < -0.3 is 20.6 Å². The van der Waals surface area contributed by atoms with E-state index < -0.39 is 33.4 Å². The van der Waals surface area contributed by atoms with Crippen LogP contribution in [0.2, 0.25) is 0 Å². The average molecular weight is 516 g/mol. The van der Waals surface area contributed by atoms with Crippen LogP contribution in [-0.4, -0.2) is 62.0 Å². The number of hydrogen-bond donors (Lipinski definition) is 3. The Hall–Kier alpha value is -2.06. The largest absolute Gasteiger partial charge is 0.394 e. The minimum atomic E-state index is -0.702. The maximum absolute atomic E-state index is 14.2. The van der Waals surface area contributed by atoms with Crippen LogP contribution in [-0.2, 0) is 14.4 Å². The van der Waals surface area contributed by atoms with Crippen molar-refractivity contribution in [3.05, 3.63) is 30.3 Å². The molecule has 8 heteroatoms. The van der Waals surface area contributed by atoms with Gasteiger partial charge in [0.15, 0.2) is 0 Å². The van der Waals surface area contributed by atoms with E-state index in [0.29, 0.717) is 18.5 Å². The van der Waals surface area contributed by atoms with Gasteiger partial charge in [0, 0.05) is 16.5 Å². The van der Waals surface area contributed by atoms with Gasteiger partial charge >= 0.3 is 0 Å². The monoisotopic (exact) mass is 515 g/mol. The van der Waals surface area contributed by atoms with E-state index in [1.54, 1.807) is 16.7 Å². The Bertz CT molecular complexity index is 988. The fourth-order valence-corrected chi connectivity index (χ4v) is 9.19. The van der Waals surface area contributed by atoms with Crippen molar-refractivity contribution in [1.82, 2.24) is 10.2 Å². The molecule has 2 bridgehead atoms.